The fraction of sp³-hybridized carbons (Fsp3) is 0.333. The van der Waals surface area contributed by atoms with E-state index in [1.54, 1.807) is 18.3 Å². The number of ether oxygens (including phenoxy) is 1. The molecule has 0 aliphatic heterocycles. The largest absolute Gasteiger partial charge is 0.452 e. The standard InChI is InChI=1S/C18H19F3N2O3/c1-11-4-6-14(7-5-11)23-12(2)8-15(13(23)3)17(25)26-9-16(24)22-10-18(19,20)21/h4-8H,9-10H2,1-3H3,(H,22,24). The maximum atomic E-state index is 12.2. The van der Waals surface area contributed by atoms with E-state index in [9.17, 15) is 22.8 Å². The molecule has 2 rings (SSSR count). The predicted molar refractivity (Wildman–Crippen MR) is 89.3 cm³/mol. The van der Waals surface area contributed by atoms with Crippen LogP contribution >= 0.6 is 0 Å². The van der Waals surface area contributed by atoms with Crippen LogP contribution in [0.3, 0.4) is 0 Å². The summed E-state index contributed by atoms with van der Waals surface area (Å²) in [6.45, 7) is 3.27. The number of carbonyl (C=O) groups excluding carboxylic acids is 2. The zero-order chi connectivity index (χ0) is 19.5. The summed E-state index contributed by atoms with van der Waals surface area (Å²) in [6.07, 6.45) is -4.52. The van der Waals surface area contributed by atoms with E-state index in [1.165, 1.54) is 0 Å². The average Bonchev–Trinajstić information content (AvgIpc) is 2.86. The molecule has 0 unspecified atom stereocenters. The molecule has 8 heteroatoms. The lowest BCUT2D eigenvalue weighted by Gasteiger charge is -2.11. The number of aromatic nitrogens is 1. The van der Waals surface area contributed by atoms with Crippen molar-refractivity contribution in [3.8, 4) is 5.69 Å². The minimum atomic E-state index is -4.52. The Morgan fingerprint density at radius 2 is 1.73 bits per heavy atom. The topological polar surface area (TPSA) is 60.3 Å². The molecule has 0 aliphatic carbocycles. The number of carbonyl (C=O) groups is 2. The lowest BCUT2D eigenvalue weighted by atomic mass is 10.2. The second kappa shape index (κ2) is 7.63. The lowest BCUT2D eigenvalue weighted by molar-refractivity contribution is -0.140. The highest BCUT2D eigenvalue weighted by atomic mass is 19.4. The monoisotopic (exact) mass is 368 g/mol. The van der Waals surface area contributed by atoms with E-state index in [0.717, 1.165) is 16.9 Å². The first-order valence-corrected chi connectivity index (χ1v) is 7.85. The number of hydrogen-bond acceptors (Lipinski definition) is 3. The molecular weight excluding hydrogens is 349 g/mol. The molecule has 0 saturated carbocycles. The molecule has 1 amide bonds. The number of aryl methyl sites for hydroxylation is 2. The summed E-state index contributed by atoms with van der Waals surface area (Å²) in [4.78, 5) is 23.5. The highest BCUT2D eigenvalue weighted by Gasteiger charge is 2.28. The van der Waals surface area contributed by atoms with Gasteiger partial charge in [0, 0.05) is 17.1 Å². The van der Waals surface area contributed by atoms with Crippen molar-refractivity contribution in [2.24, 2.45) is 0 Å². The van der Waals surface area contributed by atoms with Gasteiger partial charge in [-0.05, 0) is 39.0 Å². The smallest absolute Gasteiger partial charge is 0.405 e. The zero-order valence-corrected chi connectivity index (χ0v) is 14.6. The summed E-state index contributed by atoms with van der Waals surface area (Å²) < 4.78 is 42.8. The van der Waals surface area contributed by atoms with Gasteiger partial charge in [0.25, 0.3) is 5.91 Å². The van der Waals surface area contributed by atoms with Crippen LogP contribution in [-0.4, -0.2) is 35.8 Å². The molecule has 1 N–H and O–H groups in total. The molecule has 5 nitrogen and oxygen atoms in total. The van der Waals surface area contributed by atoms with E-state index < -0.39 is 31.2 Å². The predicted octanol–water partition coefficient (Wildman–Crippen LogP) is 3.24. The number of hydrogen-bond donors (Lipinski definition) is 1. The first-order chi connectivity index (χ1) is 12.1. The number of benzene rings is 1. The van der Waals surface area contributed by atoms with E-state index >= 15 is 0 Å². The van der Waals surface area contributed by atoms with Crippen LogP contribution in [0.5, 0.6) is 0 Å². The average molecular weight is 368 g/mol. The fourth-order valence-electron chi connectivity index (χ4n) is 2.52. The number of rotatable bonds is 5. The Bertz CT molecular complexity index is 808. The van der Waals surface area contributed by atoms with E-state index in [-0.39, 0.29) is 5.56 Å². The molecule has 140 valence electrons. The quantitative estimate of drug-likeness (QED) is 0.825. The molecule has 0 radical (unpaired) electrons. The van der Waals surface area contributed by atoms with Gasteiger partial charge in [-0.2, -0.15) is 13.2 Å². The third-order valence-corrected chi connectivity index (χ3v) is 3.76. The van der Waals surface area contributed by atoms with Crippen molar-refractivity contribution in [2.45, 2.75) is 26.9 Å². The molecule has 0 bridgehead atoms. The highest BCUT2D eigenvalue weighted by molar-refractivity contribution is 5.93. The molecule has 2 aromatic rings. The minimum Gasteiger partial charge on any atom is -0.452 e. The van der Waals surface area contributed by atoms with Crippen molar-refractivity contribution in [3.63, 3.8) is 0 Å². The number of halogens is 3. The highest BCUT2D eigenvalue weighted by Crippen LogP contribution is 2.22. The van der Waals surface area contributed by atoms with Crippen LogP contribution in [0.15, 0.2) is 30.3 Å². The van der Waals surface area contributed by atoms with Gasteiger partial charge in [-0.15, -0.1) is 0 Å². The van der Waals surface area contributed by atoms with Crippen molar-refractivity contribution in [2.75, 3.05) is 13.2 Å². The Hall–Kier alpha value is -2.77. The third-order valence-electron chi connectivity index (χ3n) is 3.76. The Labute approximate surface area is 148 Å². The number of esters is 1. The van der Waals surface area contributed by atoms with Crippen molar-refractivity contribution in [1.82, 2.24) is 9.88 Å². The van der Waals surface area contributed by atoms with Crippen LogP contribution in [0, 0.1) is 20.8 Å². The Morgan fingerprint density at radius 1 is 1.12 bits per heavy atom. The molecule has 0 aliphatic rings. The summed E-state index contributed by atoms with van der Waals surface area (Å²) in [6, 6.07) is 9.32. The van der Waals surface area contributed by atoms with Gasteiger partial charge in [-0.25, -0.2) is 4.79 Å². The normalized spacial score (nSPS) is 11.3. The van der Waals surface area contributed by atoms with Gasteiger partial charge >= 0.3 is 12.1 Å². The minimum absolute atomic E-state index is 0.256. The Morgan fingerprint density at radius 3 is 2.31 bits per heavy atom. The van der Waals surface area contributed by atoms with E-state index in [2.05, 4.69) is 0 Å². The zero-order valence-electron chi connectivity index (χ0n) is 14.6. The first kappa shape index (κ1) is 19.6. The van der Waals surface area contributed by atoms with Gasteiger partial charge in [0.1, 0.15) is 6.54 Å². The van der Waals surface area contributed by atoms with Crippen LogP contribution in [-0.2, 0) is 9.53 Å². The number of amides is 1. The van der Waals surface area contributed by atoms with Crippen LogP contribution < -0.4 is 5.32 Å². The van der Waals surface area contributed by atoms with E-state index in [0.29, 0.717) is 5.69 Å². The van der Waals surface area contributed by atoms with Gasteiger partial charge < -0.3 is 14.6 Å². The van der Waals surface area contributed by atoms with Gasteiger partial charge in [-0.1, -0.05) is 17.7 Å². The number of nitrogens with zero attached hydrogens (tertiary/aromatic N) is 1. The van der Waals surface area contributed by atoms with Gasteiger partial charge in [0.2, 0.25) is 0 Å². The van der Waals surface area contributed by atoms with Crippen molar-refractivity contribution in [3.05, 3.63) is 52.8 Å². The van der Waals surface area contributed by atoms with Crippen molar-refractivity contribution in [1.29, 1.82) is 0 Å². The molecule has 1 aromatic carbocycles. The van der Waals surface area contributed by atoms with Crippen LogP contribution in [0.1, 0.15) is 27.3 Å². The van der Waals surface area contributed by atoms with Gasteiger partial charge in [0.15, 0.2) is 6.61 Å². The van der Waals surface area contributed by atoms with Crippen molar-refractivity contribution < 1.29 is 27.5 Å². The van der Waals surface area contributed by atoms with E-state index in [1.807, 2.05) is 42.7 Å². The van der Waals surface area contributed by atoms with Gasteiger partial charge in [0.05, 0.1) is 5.56 Å². The molecule has 1 aromatic heterocycles. The molecular formula is C18H19F3N2O3. The first-order valence-electron chi connectivity index (χ1n) is 7.85. The summed E-state index contributed by atoms with van der Waals surface area (Å²) in [5, 5.41) is 1.65. The third kappa shape index (κ3) is 4.87. The molecule has 0 spiro atoms. The van der Waals surface area contributed by atoms with Crippen LogP contribution in [0.2, 0.25) is 0 Å². The Balaban J connectivity index is 2.07. The number of alkyl halides is 3. The van der Waals surface area contributed by atoms with Crippen LogP contribution in [0.4, 0.5) is 13.2 Å². The maximum Gasteiger partial charge on any atom is 0.405 e. The summed E-state index contributed by atoms with van der Waals surface area (Å²) in [7, 11) is 0. The fourth-order valence-corrected chi connectivity index (χ4v) is 2.52. The second-order valence-corrected chi connectivity index (χ2v) is 5.92. The second-order valence-electron chi connectivity index (χ2n) is 5.92. The van der Waals surface area contributed by atoms with Crippen LogP contribution in [0.25, 0.3) is 5.69 Å². The van der Waals surface area contributed by atoms with Gasteiger partial charge in [-0.3, -0.25) is 4.79 Å². The molecule has 26 heavy (non-hydrogen) atoms. The lowest BCUT2D eigenvalue weighted by Crippen LogP contribution is -2.36. The SMILES string of the molecule is Cc1ccc(-n2c(C)cc(C(=O)OCC(=O)NCC(F)(F)F)c2C)cc1. The summed E-state index contributed by atoms with van der Waals surface area (Å²) in [5.74, 6) is -1.78. The van der Waals surface area contributed by atoms with E-state index in [4.69, 9.17) is 4.74 Å². The molecule has 1 heterocycles. The Kier molecular flexibility index (Phi) is 5.74. The number of nitrogens with one attached hydrogen (secondary N) is 1. The molecule has 0 fully saturated rings. The molecule has 0 atom stereocenters. The molecule has 0 saturated heterocycles. The maximum absolute atomic E-state index is 12.2. The van der Waals surface area contributed by atoms with Crippen molar-refractivity contribution >= 4 is 11.9 Å². The summed E-state index contributed by atoms with van der Waals surface area (Å²) in [5.41, 5.74) is 3.63. The summed E-state index contributed by atoms with van der Waals surface area (Å²) >= 11 is 0.